The second-order valence-electron chi connectivity index (χ2n) is 7.20. The number of esters is 1. The number of hydrogen-bond acceptors (Lipinski definition) is 4. The van der Waals surface area contributed by atoms with Gasteiger partial charge in [-0.15, -0.1) is 0 Å². The van der Waals surface area contributed by atoms with Crippen LogP contribution in [0, 0.1) is 11.8 Å². The monoisotopic (exact) mass is 352 g/mol. The molecule has 0 amide bonds. The zero-order valence-corrected chi connectivity index (χ0v) is 15.2. The molecule has 26 heavy (non-hydrogen) atoms. The summed E-state index contributed by atoms with van der Waals surface area (Å²) in [4.78, 5) is 29.9. The maximum atomic E-state index is 12.4. The van der Waals surface area contributed by atoms with Gasteiger partial charge in [-0.1, -0.05) is 24.3 Å². The number of para-hydroxylation sites is 1. The summed E-state index contributed by atoms with van der Waals surface area (Å²) in [5, 5.41) is 1.29. The van der Waals surface area contributed by atoms with Gasteiger partial charge in [0, 0.05) is 35.6 Å². The lowest BCUT2D eigenvalue weighted by Gasteiger charge is -2.45. The number of benzene rings is 1. The predicted octanol–water partition coefficient (Wildman–Crippen LogP) is 3.02. The minimum Gasteiger partial charge on any atom is -0.469 e. The molecule has 5 heteroatoms. The van der Waals surface area contributed by atoms with Gasteiger partial charge >= 0.3 is 5.97 Å². The van der Waals surface area contributed by atoms with Crippen LogP contribution >= 0.6 is 0 Å². The summed E-state index contributed by atoms with van der Waals surface area (Å²) in [6.45, 7) is 3.41. The highest BCUT2D eigenvalue weighted by Crippen LogP contribution is 2.44. The zero-order valence-electron chi connectivity index (χ0n) is 15.2. The normalized spacial score (nSPS) is 26.2. The number of piperidine rings is 1. The first-order valence-corrected chi connectivity index (χ1v) is 9.20. The molecule has 5 nitrogen and oxygen atoms in total. The Labute approximate surface area is 153 Å². The van der Waals surface area contributed by atoms with Crippen LogP contribution < -0.4 is 0 Å². The van der Waals surface area contributed by atoms with E-state index in [4.69, 9.17) is 4.74 Å². The van der Waals surface area contributed by atoms with E-state index in [0.29, 0.717) is 12.1 Å². The Morgan fingerprint density at radius 3 is 2.85 bits per heavy atom. The smallest absolute Gasteiger partial charge is 0.310 e. The lowest BCUT2D eigenvalue weighted by molar-refractivity contribution is -0.150. The van der Waals surface area contributed by atoms with Crippen LogP contribution in [0.1, 0.15) is 30.6 Å². The molecule has 3 heterocycles. The molecule has 1 aromatic heterocycles. The largest absolute Gasteiger partial charge is 0.469 e. The average Bonchev–Trinajstić information content (AvgIpc) is 3.07. The van der Waals surface area contributed by atoms with E-state index in [9.17, 15) is 9.59 Å². The Morgan fingerprint density at radius 1 is 1.31 bits per heavy atom. The van der Waals surface area contributed by atoms with Crippen molar-refractivity contribution in [3.05, 3.63) is 47.2 Å². The van der Waals surface area contributed by atoms with Crippen molar-refractivity contribution in [1.29, 1.82) is 0 Å². The van der Waals surface area contributed by atoms with E-state index in [-0.39, 0.29) is 23.8 Å². The highest BCUT2D eigenvalue weighted by atomic mass is 16.5. The number of allylic oxidation sites excluding steroid dienone is 2. The number of ether oxygens (including phenoxy) is 1. The molecular weight excluding hydrogens is 328 g/mol. The van der Waals surface area contributed by atoms with Crippen LogP contribution in [0.15, 0.2) is 35.9 Å². The third-order valence-corrected chi connectivity index (χ3v) is 6.07. The van der Waals surface area contributed by atoms with Gasteiger partial charge in [-0.3, -0.25) is 14.5 Å². The highest BCUT2D eigenvalue weighted by molar-refractivity contribution is 5.85. The van der Waals surface area contributed by atoms with Crippen molar-refractivity contribution in [2.45, 2.75) is 25.8 Å². The summed E-state index contributed by atoms with van der Waals surface area (Å²) >= 11 is 0. The molecule has 3 unspecified atom stereocenters. The molecule has 136 valence electrons. The van der Waals surface area contributed by atoms with Gasteiger partial charge in [0.2, 0.25) is 0 Å². The topological polar surface area (TPSA) is 62.4 Å². The van der Waals surface area contributed by atoms with E-state index in [1.165, 1.54) is 23.8 Å². The summed E-state index contributed by atoms with van der Waals surface area (Å²) < 4.78 is 5.04. The summed E-state index contributed by atoms with van der Waals surface area (Å²) in [5.41, 5.74) is 4.48. The third kappa shape index (κ3) is 2.58. The van der Waals surface area contributed by atoms with Crippen LogP contribution in [0.4, 0.5) is 0 Å². The maximum Gasteiger partial charge on any atom is 0.310 e. The molecule has 0 bridgehead atoms. The first-order chi connectivity index (χ1) is 12.7. The fraction of sp³-hybridized carbons (Fsp3) is 0.429. The fourth-order valence-electron chi connectivity index (χ4n) is 4.77. The summed E-state index contributed by atoms with van der Waals surface area (Å²) in [6, 6.07) is 8.60. The molecule has 3 atom stereocenters. The van der Waals surface area contributed by atoms with Crippen LogP contribution in [0.5, 0.6) is 0 Å². The fourth-order valence-corrected chi connectivity index (χ4v) is 4.77. The van der Waals surface area contributed by atoms with Gasteiger partial charge in [-0.25, -0.2) is 0 Å². The van der Waals surface area contributed by atoms with Crippen LogP contribution in [0.2, 0.25) is 0 Å². The first kappa shape index (κ1) is 17.0. The summed E-state index contributed by atoms with van der Waals surface area (Å²) in [7, 11) is 1.42. The Bertz CT molecular complexity index is 883. The number of carbonyl (C=O) groups is 2. The number of rotatable bonds is 3. The molecular formula is C21H24N2O3. The lowest BCUT2D eigenvalue weighted by atomic mass is 9.75. The molecule has 0 spiro atoms. The van der Waals surface area contributed by atoms with Crippen molar-refractivity contribution in [1.82, 2.24) is 9.88 Å². The molecule has 0 saturated carbocycles. The zero-order chi connectivity index (χ0) is 18.3. The first-order valence-electron chi connectivity index (χ1n) is 9.20. The Kier molecular flexibility index (Phi) is 4.41. The van der Waals surface area contributed by atoms with Crippen molar-refractivity contribution < 1.29 is 14.3 Å². The van der Waals surface area contributed by atoms with E-state index >= 15 is 0 Å². The van der Waals surface area contributed by atoms with Crippen molar-refractivity contribution in [2.24, 2.45) is 11.8 Å². The molecule has 2 aliphatic rings. The standard InChI is InChI=1S/C21H24N2O3/c1-3-13(12-24)16-10-19-20-15(14-6-4-5-7-18(14)22-20)8-9-23(19)11-17(16)21(25)26-2/h3-7,12,16-17,19,22H,8-11H2,1-2H3. The van der Waals surface area contributed by atoms with E-state index in [2.05, 4.69) is 28.1 Å². The number of H-pyrrole nitrogens is 1. The van der Waals surface area contributed by atoms with E-state index < -0.39 is 0 Å². The lowest BCUT2D eigenvalue weighted by Crippen LogP contribution is -2.49. The van der Waals surface area contributed by atoms with Crippen molar-refractivity contribution >= 4 is 23.2 Å². The van der Waals surface area contributed by atoms with E-state index in [1.807, 2.05) is 19.1 Å². The highest BCUT2D eigenvalue weighted by Gasteiger charge is 2.44. The molecule has 1 aromatic carbocycles. The molecule has 0 radical (unpaired) electrons. The number of nitrogens with one attached hydrogen (secondary N) is 1. The van der Waals surface area contributed by atoms with Crippen molar-refractivity contribution in [3.63, 3.8) is 0 Å². The molecule has 1 fully saturated rings. The predicted molar refractivity (Wildman–Crippen MR) is 99.8 cm³/mol. The van der Waals surface area contributed by atoms with Crippen molar-refractivity contribution in [3.8, 4) is 0 Å². The number of aromatic amines is 1. The Hall–Kier alpha value is -2.40. The average molecular weight is 352 g/mol. The second kappa shape index (κ2) is 6.72. The number of aromatic nitrogens is 1. The van der Waals surface area contributed by atoms with Crippen molar-refractivity contribution in [2.75, 3.05) is 20.2 Å². The number of fused-ring (bicyclic) bond motifs is 5. The number of hydrogen-bond donors (Lipinski definition) is 1. The Balaban J connectivity index is 1.75. The van der Waals surface area contributed by atoms with Gasteiger partial charge in [0.05, 0.1) is 19.1 Å². The number of carbonyl (C=O) groups excluding carboxylic acids is 2. The molecule has 2 aliphatic heterocycles. The van der Waals surface area contributed by atoms with Gasteiger partial charge < -0.3 is 9.72 Å². The number of aldehydes is 1. The van der Waals surface area contributed by atoms with E-state index in [1.54, 1.807) is 0 Å². The summed E-state index contributed by atoms with van der Waals surface area (Å²) in [6.07, 6.45) is 4.44. The van der Waals surface area contributed by atoms with E-state index in [0.717, 1.165) is 31.2 Å². The molecule has 1 saturated heterocycles. The minimum absolute atomic E-state index is 0.108. The molecule has 1 N–H and O–H groups in total. The van der Waals surface area contributed by atoms with Crippen LogP contribution in [0.3, 0.4) is 0 Å². The third-order valence-electron chi connectivity index (χ3n) is 6.07. The van der Waals surface area contributed by atoms with Crippen LogP contribution in [0.25, 0.3) is 10.9 Å². The van der Waals surface area contributed by atoms with Gasteiger partial charge in [0.15, 0.2) is 0 Å². The molecule has 0 aliphatic carbocycles. The van der Waals surface area contributed by atoms with Crippen LogP contribution in [-0.2, 0) is 20.7 Å². The quantitative estimate of drug-likeness (QED) is 0.524. The minimum atomic E-state index is -0.293. The SMILES string of the molecule is CC=C(C=O)C1CC2c3[nH]c4ccccc4c3CCN2CC1C(=O)OC. The molecule has 4 rings (SSSR count). The Morgan fingerprint density at radius 2 is 2.12 bits per heavy atom. The van der Waals surface area contributed by atoms with Gasteiger partial charge in [0.25, 0.3) is 0 Å². The van der Waals surface area contributed by atoms with Gasteiger partial charge in [-0.2, -0.15) is 0 Å². The van der Waals surface area contributed by atoms with Crippen LogP contribution in [-0.4, -0.2) is 42.3 Å². The number of methoxy groups -OCH3 is 1. The number of nitrogens with zero attached hydrogens (tertiary/aromatic N) is 1. The van der Waals surface area contributed by atoms with Gasteiger partial charge in [0.1, 0.15) is 6.29 Å². The summed E-state index contributed by atoms with van der Waals surface area (Å²) in [5.74, 6) is -0.626. The maximum absolute atomic E-state index is 12.4. The second-order valence-corrected chi connectivity index (χ2v) is 7.20. The molecule has 2 aromatic rings. The van der Waals surface area contributed by atoms with Gasteiger partial charge in [-0.05, 0) is 37.0 Å².